The van der Waals surface area contributed by atoms with E-state index in [1.807, 2.05) is 36.4 Å². The number of rotatable bonds is 4. The Kier molecular flexibility index (Phi) is 4.98. The molecular formula is C21H24N2O3. The average Bonchev–Trinajstić information content (AvgIpc) is 2.98. The minimum Gasteiger partial charge on any atom is -0.453 e. The predicted molar refractivity (Wildman–Crippen MR) is 102 cm³/mol. The molecule has 0 aromatic heterocycles. The highest BCUT2D eigenvalue weighted by Gasteiger charge is 2.42. The first-order valence-electron chi connectivity index (χ1n) is 8.83. The predicted octanol–water partition coefficient (Wildman–Crippen LogP) is 4.62. The minimum atomic E-state index is -0.687. The summed E-state index contributed by atoms with van der Waals surface area (Å²) in [4.78, 5) is 28.2. The van der Waals surface area contributed by atoms with Gasteiger partial charge in [-0.25, -0.2) is 4.79 Å². The summed E-state index contributed by atoms with van der Waals surface area (Å²) in [5.74, 6) is 0.319. The van der Waals surface area contributed by atoms with Gasteiger partial charge in [0, 0.05) is 18.3 Å². The van der Waals surface area contributed by atoms with Gasteiger partial charge in [-0.05, 0) is 36.1 Å². The molecule has 0 radical (unpaired) electrons. The average molecular weight is 352 g/mol. The van der Waals surface area contributed by atoms with Crippen molar-refractivity contribution in [3.8, 4) is 0 Å². The maximum atomic E-state index is 13.2. The number of hydrogen-bond donors (Lipinski definition) is 0. The summed E-state index contributed by atoms with van der Waals surface area (Å²) in [6.07, 6.45) is 0.531. The zero-order valence-electron chi connectivity index (χ0n) is 15.6. The van der Waals surface area contributed by atoms with E-state index in [1.165, 1.54) is 17.6 Å². The Morgan fingerprint density at radius 2 is 1.85 bits per heavy atom. The Hall–Kier alpha value is -2.82. The number of likely N-dealkylation sites (N-methyl/N-ethyl adjacent to an activating group) is 1. The summed E-state index contributed by atoms with van der Waals surface area (Å²) in [5.41, 5.74) is 3.65. The molecule has 3 rings (SSSR count). The lowest BCUT2D eigenvalue weighted by molar-refractivity contribution is -0.121. The maximum absolute atomic E-state index is 13.2. The van der Waals surface area contributed by atoms with Crippen molar-refractivity contribution in [2.45, 2.75) is 32.2 Å². The summed E-state index contributed by atoms with van der Waals surface area (Å²) in [6.45, 7) is 4.35. The van der Waals surface area contributed by atoms with E-state index >= 15 is 0 Å². The number of para-hydroxylation sites is 1. The molecule has 2 atom stereocenters. The van der Waals surface area contributed by atoms with Crippen LogP contribution in [0.5, 0.6) is 0 Å². The lowest BCUT2D eigenvalue weighted by atomic mass is 9.98. The van der Waals surface area contributed by atoms with Gasteiger partial charge in [0.2, 0.25) is 0 Å². The van der Waals surface area contributed by atoms with Gasteiger partial charge in [0.15, 0.2) is 0 Å². The summed E-state index contributed by atoms with van der Waals surface area (Å²) in [7, 11) is 2.90. The van der Waals surface area contributed by atoms with Crippen LogP contribution in [0.4, 0.5) is 16.2 Å². The van der Waals surface area contributed by atoms with Gasteiger partial charge >= 0.3 is 6.09 Å². The first kappa shape index (κ1) is 18.0. The van der Waals surface area contributed by atoms with Gasteiger partial charge in [0.1, 0.15) is 6.04 Å². The van der Waals surface area contributed by atoms with Crippen molar-refractivity contribution in [1.29, 1.82) is 0 Å². The van der Waals surface area contributed by atoms with E-state index in [4.69, 9.17) is 4.74 Å². The normalized spacial score (nSPS) is 17.0. The van der Waals surface area contributed by atoms with E-state index in [0.29, 0.717) is 5.92 Å². The van der Waals surface area contributed by atoms with Crippen molar-refractivity contribution < 1.29 is 14.3 Å². The number of hydrogen-bond acceptors (Lipinski definition) is 3. The molecule has 2 amide bonds. The summed E-state index contributed by atoms with van der Waals surface area (Å²) in [5, 5.41) is 0. The van der Waals surface area contributed by atoms with Gasteiger partial charge in [-0.3, -0.25) is 14.6 Å². The molecule has 26 heavy (non-hydrogen) atoms. The SMILES string of the molecule is CCC(C)c1ccc(N2C(=O)C(N(C)C(=O)OC)c3ccccc32)cc1. The summed E-state index contributed by atoms with van der Waals surface area (Å²) >= 11 is 0. The molecule has 0 bridgehead atoms. The number of carbonyl (C=O) groups excluding carboxylic acids is 2. The van der Waals surface area contributed by atoms with Crippen LogP contribution >= 0.6 is 0 Å². The van der Waals surface area contributed by atoms with Crippen LogP contribution < -0.4 is 4.90 Å². The van der Waals surface area contributed by atoms with Crippen molar-refractivity contribution in [1.82, 2.24) is 4.90 Å². The van der Waals surface area contributed by atoms with Gasteiger partial charge in [-0.15, -0.1) is 0 Å². The van der Waals surface area contributed by atoms with E-state index in [9.17, 15) is 9.59 Å². The number of benzene rings is 2. The van der Waals surface area contributed by atoms with Gasteiger partial charge < -0.3 is 4.74 Å². The molecule has 2 unspecified atom stereocenters. The van der Waals surface area contributed by atoms with E-state index in [2.05, 4.69) is 26.0 Å². The van der Waals surface area contributed by atoms with Crippen LogP contribution in [0.25, 0.3) is 0 Å². The van der Waals surface area contributed by atoms with Gasteiger partial charge in [-0.2, -0.15) is 0 Å². The van der Waals surface area contributed by atoms with E-state index in [0.717, 1.165) is 23.4 Å². The topological polar surface area (TPSA) is 49.9 Å². The molecule has 0 fully saturated rings. The van der Waals surface area contributed by atoms with E-state index in [1.54, 1.807) is 11.9 Å². The second-order valence-corrected chi connectivity index (χ2v) is 6.62. The Bertz CT molecular complexity index is 816. The highest BCUT2D eigenvalue weighted by atomic mass is 16.5. The van der Waals surface area contributed by atoms with Crippen LogP contribution in [0.15, 0.2) is 48.5 Å². The molecule has 1 heterocycles. The molecule has 0 saturated heterocycles. The lowest BCUT2D eigenvalue weighted by Gasteiger charge is -2.23. The first-order chi connectivity index (χ1) is 12.5. The Balaban J connectivity index is 2.01. The molecule has 2 aromatic carbocycles. The van der Waals surface area contributed by atoms with Crippen LogP contribution in [0.2, 0.25) is 0 Å². The van der Waals surface area contributed by atoms with Crippen molar-refractivity contribution in [2.75, 3.05) is 19.1 Å². The number of carbonyl (C=O) groups is 2. The Morgan fingerprint density at radius 3 is 2.46 bits per heavy atom. The van der Waals surface area contributed by atoms with Crippen LogP contribution in [-0.4, -0.2) is 31.1 Å². The molecule has 0 spiro atoms. The number of ether oxygens (including phenoxy) is 1. The lowest BCUT2D eigenvalue weighted by Crippen LogP contribution is -2.37. The first-order valence-corrected chi connectivity index (χ1v) is 8.83. The van der Waals surface area contributed by atoms with Gasteiger partial charge in [0.25, 0.3) is 5.91 Å². The second kappa shape index (κ2) is 7.20. The number of methoxy groups -OCH3 is 1. The van der Waals surface area contributed by atoms with E-state index < -0.39 is 12.1 Å². The standard InChI is InChI=1S/C21H24N2O3/c1-5-14(2)15-10-12-16(13-11-15)23-18-9-7-6-8-17(18)19(20(23)24)22(3)21(25)26-4/h6-14,19H,5H2,1-4H3. The molecule has 1 aliphatic rings. The van der Waals surface area contributed by atoms with Crippen molar-refractivity contribution >= 4 is 23.4 Å². The van der Waals surface area contributed by atoms with Crippen LogP contribution in [0.1, 0.15) is 43.4 Å². The molecule has 0 aliphatic carbocycles. The van der Waals surface area contributed by atoms with Crippen LogP contribution in [0.3, 0.4) is 0 Å². The molecule has 5 heteroatoms. The molecule has 1 aliphatic heterocycles. The molecule has 0 saturated carbocycles. The summed E-state index contributed by atoms with van der Waals surface area (Å²) < 4.78 is 4.80. The van der Waals surface area contributed by atoms with Crippen LogP contribution in [0, 0.1) is 0 Å². The zero-order chi connectivity index (χ0) is 18.8. The fraction of sp³-hybridized carbons (Fsp3) is 0.333. The zero-order valence-corrected chi connectivity index (χ0v) is 15.6. The molecule has 0 N–H and O–H groups in total. The monoisotopic (exact) mass is 352 g/mol. The van der Waals surface area contributed by atoms with Gasteiger partial charge in [-0.1, -0.05) is 44.2 Å². The van der Waals surface area contributed by atoms with Gasteiger partial charge in [0.05, 0.1) is 12.8 Å². The largest absolute Gasteiger partial charge is 0.453 e. The second-order valence-electron chi connectivity index (χ2n) is 6.62. The third kappa shape index (κ3) is 2.94. The highest BCUT2D eigenvalue weighted by Crippen LogP contribution is 2.43. The fourth-order valence-corrected chi connectivity index (χ4v) is 3.37. The molecule has 136 valence electrons. The Morgan fingerprint density at radius 1 is 1.19 bits per heavy atom. The van der Waals surface area contributed by atoms with E-state index in [-0.39, 0.29) is 5.91 Å². The third-order valence-corrected chi connectivity index (χ3v) is 5.11. The highest BCUT2D eigenvalue weighted by molar-refractivity contribution is 6.10. The van der Waals surface area contributed by atoms with Crippen molar-refractivity contribution in [3.63, 3.8) is 0 Å². The number of amides is 2. The summed E-state index contributed by atoms with van der Waals surface area (Å²) in [6, 6.07) is 14.9. The quantitative estimate of drug-likeness (QED) is 0.807. The fourth-order valence-electron chi connectivity index (χ4n) is 3.37. The number of nitrogens with zero attached hydrogens (tertiary/aromatic N) is 2. The smallest absolute Gasteiger partial charge is 0.410 e. The molecule has 2 aromatic rings. The maximum Gasteiger partial charge on any atom is 0.410 e. The number of anilines is 2. The van der Waals surface area contributed by atoms with Crippen LogP contribution in [-0.2, 0) is 9.53 Å². The Labute approximate surface area is 154 Å². The third-order valence-electron chi connectivity index (χ3n) is 5.11. The van der Waals surface area contributed by atoms with Crippen molar-refractivity contribution in [2.24, 2.45) is 0 Å². The molecular weight excluding hydrogens is 328 g/mol. The number of fused-ring (bicyclic) bond motifs is 1. The van der Waals surface area contributed by atoms with Crippen molar-refractivity contribution in [3.05, 3.63) is 59.7 Å². The minimum absolute atomic E-state index is 0.157. The molecule has 5 nitrogen and oxygen atoms in total.